The first kappa shape index (κ1) is 17.1. The van der Waals surface area contributed by atoms with Gasteiger partial charge in [-0.3, -0.25) is 4.79 Å². The van der Waals surface area contributed by atoms with E-state index in [1.807, 2.05) is 29.2 Å². The fourth-order valence-corrected chi connectivity index (χ4v) is 3.00. The van der Waals surface area contributed by atoms with E-state index in [-0.39, 0.29) is 5.91 Å². The van der Waals surface area contributed by atoms with Crippen molar-refractivity contribution in [2.45, 2.75) is 19.3 Å². The summed E-state index contributed by atoms with van der Waals surface area (Å²) in [5.74, 6) is 1.84. The molecule has 1 aliphatic rings. The first-order valence-electron chi connectivity index (χ1n) is 8.46. The first-order chi connectivity index (χ1) is 12.2. The van der Waals surface area contributed by atoms with E-state index >= 15 is 0 Å². The van der Waals surface area contributed by atoms with Crippen molar-refractivity contribution in [2.24, 2.45) is 0 Å². The van der Waals surface area contributed by atoms with E-state index in [2.05, 4.69) is 10.3 Å². The van der Waals surface area contributed by atoms with E-state index in [4.69, 9.17) is 9.47 Å². The van der Waals surface area contributed by atoms with E-state index in [9.17, 15) is 4.79 Å². The molecular formula is C19H23N3O3. The van der Waals surface area contributed by atoms with Gasteiger partial charge in [-0.2, -0.15) is 0 Å². The molecule has 132 valence electrons. The number of rotatable bonds is 5. The van der Waals surface area contributed by atoms with E-state index in [1.165, 1.54) is 6.42 Å². The summed E-state index contributed by atoms with van der Waals surface area (Å²) in [6.07, 6.45) is 4.98. The van der Waals surface area contributed by atoms with Crippen LogP contribution in [0.2, 0.25) is 0 Å². The molecule has 1 aromatic carbocycles. The number of nitrogens with zero attached hydrogens (tertiary/aromatic N) is 2. The van der Waals surface area contributed by atoms with Gasteiger partial charge in [-0.1, -0.05) is 0 Å². The van der Waals surface area contributed by atoms with Gasteiger partial charge >= 0.3 is 0 Å². The normalized spacial score (nSPS) is 14.1. The second kappa shape index (κ2) is 7.88. The number of carbonyl (C=O) groups is 1. The second-order valence-corrected chi connectivity index (χ2v) is 5.95. The van der Waals surface area contributed by atoms with Gasteiger partial charge in [0.05, 0.1) is 19.8 Å². The number of hydrogen-bond donors (Lipinski definition) is 1. The summed E-state index contributed by atoms with van der Waals surface area (Å²) in [5, 5.41) is 3.22. The smallest absolute Gasteiger partial charge is 0.257 e. The number of piperidine rings is 1. The van der Waals surface area contributed by atoms with Crippen LogP contribution in [-0.4, -0.2) is 43.1 Å². The molecule has 0 atom stereocenters. The third-order valence-electron chi connectivity index (χ3n) is 4.33. The van der Waals surface area contributed by atoms with Crippen LogP contribution < -0.4 is 14.8 Å². The molecule has 3 rings (SSSR count). The predicted octanol–water partition coefficient (Wildman–Crippen LogP) is 3.47. The molecule has 6 nitrogen and oxygen atoms in total. The lowest BCUT2D eigenvalue weighted by atomic mass is 10.1. The van der Waals surface area contributed by atoms with Crippen molar-refractivity contribution in [3.8, 4) is 11.5 Å². The summed E-state index contributed by atoms with van der Waals surface area (Å²) < 4.78 is 10.6. The highest BCUT2D eigenvalue weighted by Gasteiger charge is 2.21. The molecule has 0 aliphatic carbocycles. The number of amides is 1. The zero-order chi connectivity index (χ0) is 17.6. The van der Waals surface area contributed by atoms with Crippen molar-refractivity contribution in [2.75, 3.05) is 32.6 Å². The highest BCUT2D eigenvalue weighted by atomic mass is 16.5. The number of pyridine rings is 1. The maximum absolute atomic E-state index is 12.8. The van der Waals surface area contributed by atoms with Gasteiger partial charge in [-0.05, 0) is 43.5 Å². The summed E-state index contributed by atoms with van der Waals surface area (Å²) in [6, 6.07) is 9.11. The molecule has 25 heavy (non-hydrogen) atoms. The molecular weight excluding hydrogens is 318 g/mol. The van der Waals surface area contributed by atoms with E-state index in [0.717, 1.165) is 31.6 Å². The van der Waals surface area contributed by atoms with Crippen LogP contribution in [0.3, 0.4) is 0 Å². The van der Waals surface area contributed by atoms with Crippen molar-refractivity contribution >= 4 is 17.4 Å². The van der Waals surface area contributed by atoms with Gasteiger partial charge in [0.25, 0.3) is 5.91 Å². The lowest BCUT2D eigenvalue weighted by Crippen LogP contribution is -2.36. The molecule has 1 amide bonds. The number of ether oxygens (including phenoxy) is 2. The Morgan fingerprint density at radius 2 is 1.84 bits per heavy atom. The number of benzene rings is 1. The molecule has 1 fully saturated rings. The van der Waals surface area contributed by atoms with Crippen LogP contribution >= 0.6 is 0 Å². The fraction of sp³-hybridized carbons (Fsp3) is 0.368. The van der Waals surface area contributed by atoms with Gasteiger partial charge < -0.3 is 19.7 Å². The third-order valence-corrected chi connectivity index (χ3v) is 4.33. The van der Waals surface area contributed by atoms with Gasteiger partial charge in [-0.15, -0.1) is 0 Å². The van der Waals surface area contributed by atoms with Gasteiger partial charge in [0, 0.05) is 31.0 Å². The van der Waals surface area contributed by atoms with Crippen LogP contribution in [0.4, 0.5) is 11.5 Å². The minimum Gasteiger partial charge on any atom is -0.493 e. The number of carbonyl (C=O) groups excluding carboxylic acids is 1. The molecule has 0 saturated carbocycles. The van der Waals surface area contributed by atoms with Crippen molar-refractivity contribution in [1.82, 2.24) is 9.88 Å². The Morgan fingerprint density at radius 3 is 2.56 bits per heavy atom. The molecule has 0 radical (unpaired) electrons. The van der Waals surface area contributed by atoms with Gasteiger partial charge in [0.1, 0.15) is 5.82 Å². The minimum atomic E-state index is 0.0239. The van der Waals surface area contributed by atoms with Crippen molar-refractivity contribution in [1.29, 1.82) is 0 Å². The Bertz CT molecular complexity index is 742. The number of likely N-dealkylation sites (tertiary alicyclic amines) is 1. The molecule has 1 aromatic heterocycles. The molecule has 6 heteroatoms. The minimum absolute atomic E-state index is 0.0239. The Morgan fingerprint density at radius 1 is 1.08 bits per heavy atom. The van der Waals surface area contributed by atoms with E-state index in [0.29, 0.717) is 22.9 Å². The molecule has 1 aliphatic heterocycles. The summed E-state index contributed by atoms with van der Waals surface area (Å²) in [5.41, 5.74) is 1.36. The highest BCUT2D eigenvalue weighted by molar-refractivity contribution is 5.99. The molecule has 0 bridgehead atoms. The largest absolute Gasteiger partial charge is 0.493 e. The Balaban J connectivity index is 1.85. The number of hydrogen-bond acceptors (Lipinski definition) is 5. The van der Waals surface area contributed by atoms with Crippen LogP contribution in [-0.2, 0) is 0 Å². The summed E-state index contributed by atoms with van der Waals surface area (Å²) >= 11 is 0. The van der Waals surface area contributed by atoms with Crippen LogP contribution in [0.5, 0.6) is 11.5 Å². The van der Waals surface area contributed by atoms with E-state index in [1.54, 1.807) is 26.5 Å². The Kier molecular flexibility index (Phi) is 5.38. The first-order valence-corrected chi connectivity index (χ1v) is 8.46. The standard InChI is InChI=1S/C19H23N3O3/c1-24-16-9-8-14(13-17(16)25-2)21-18-15(7-6-10-20-18)19(23)22-11-4-3-5-12-22/h6-10,13H,3-5,11-12H2,1-2H3,(H,20,21). The number of nitrogens with one attached hydrogen (secondary N) is 1. The monoisotopic (exact) mass is 341 g/mol. The van der Waals surface area contributed by atoms with E-state index < -0.39 is 0 Å². The zero-order valence-electron chi connectivity index (χ0n) is 14.6. The maximum atomic E-state index is 12.8. The van der Waals surface area contributed by atoms with Crippen LogP contribution in [0.15, 0.2) is 36.5 Å². The zero-order valence-corrected chi connectivity index (χ0v) is 14.6. The van der Waals surface area contributed by atoms with Crippen molar-refractivity contribution in [3.63, 3.8) is 0 Å². The Hall–Kier alpha value is -2.76. The van der Waals surface area contributed by atoms with Crippen LogP contribution in [0.25, 0.3) is 0 Å². The van der Waals surface area contributed by atoms with Crippen molar-refractivity contribution in [3.05, 3.63) is 42.1 Å². The SMILES string of the molecule is COc1ccc(Nc2ncccc2C(=O)N2CCCCC2)cc1OC. The fourth-order valence-electron chi connectivity index (χ4n) is 3.00. The second-order valence-electron chi connectivity index (χ2n) is 5.95. The summed E-state index contributed by atoms with van der Waals surface area (Å²) in [6.45, 7) is 1.62. The summed E-state index contributed by atoms with van der Waals surface area (Å²) in [4.78, 5) is 19.1. The average Bonchev–Trinajstić information content (AvgIpc) is 2.68. The maximum Gasteiger partial charge on any atom is 0.257 e. The van der Waals surface area contributed by atoms with Crippen molar-refractivity contribution < 1.29 is 14.3 Å². The topological polar surface area (TPSA) is 63.7 Å². The van der Waals surface area contributed by atoms with Crippen LogP contribution in [0, 0.1) is 0 Å². The number of aromatic nitrogens is 1. The Labute approximate surface area is 147 Å². The lowest BCUT2D eigenvalue weighted by Gasteiger charge is -2.27. The summed E-state index contributed by atoms with van der Waals surface area (Å²) in [7, 11) is 3.19. The van der Waals surface area contributed by atoms with Crippen LogP contribution in [0.1, 0.15) is 29.6 Å². The average molecular weight is 341 g/mol. The molecule has 0 unspecified atom stereocenters. The molecule has 0 spiro atoms. The third kappa shape index (κ3) is 3.84. The molecule has 1 N–H and O–H groups in total. The quantitative estimate of drug-likeness (QED) is 0.902. The number of anilines is 2. The molecule has 1 saturated heterocycles. The van der Waals surface area contributed by atoms with Gasteiger partial charge in [0.15, 0.2) is 11.5 Å². The predicted molar refractivity (Wildman–Crippen MR) is 96.8 cm³/mol. The van der Waals surface area contributed by atoms with Gasteiger partial charge in [-0.25, -0.2) is 4.98 Å². The highest BCUT2D eigenvalue weighted by Crippen LogP contribution is 2.31. The molecule has 2 heterocycles. The number of methoxy groups -OCH3 is 2. The lowest BCUT2D eigenvalue weighted by molar-refractivity contribution is 0.0725. The molecule has 2 aromatic rings. The van der Waals surface area contributed by atoms with Gasteiger partial charge in [0.2, 0.25) is 0 Å².